The highest BCUT2D eigenvalue weighted by Crippen LogP contribution is 2.35. The summed E-state index contributed by atoms with van der Waals surface area (Å²) in [6, 6.07) is 11.4. The van der Waals surface area contributed by atoms with E-state index in [2.05, 4.69) is 15.9 Å². The maximum atomic E-state index is 11.5. The first-order chi connectivity index (χ1) is 7.24. The van der Waals surface area contributed by atoms with Gasteiger partial charge < -0.3 is 4.74 Å². The average molecular weight is 265 g/mol. The van der Waals surface area contributed by atoms with Gasteiger partial charge in [0.2, 0.25) is 0 Å². The van der Waals surface area contributed by atoms with Crippen LogP contribution in [0.3, 0.4) is 0 Å². The van der Waals surface area contributed by atoms with Gasteiger partial charge in [0, 0.05) is 4.47 Å². The Balaban J connectivity index is 2.67. The number of carbonyl (C=O) groups excluding carboxylic acids is 1. The average Bonchev–Trinajstić information content (AvgIpc) is 2.45. The van der Waals surface area contributed by atoms with E-state index in [0.717, 1.165) is 15.6 Å². The van der Waals surface area contributed by atoms with Crippen molar-refractivity contribution in [1.82, 2.24) is 0 Å². The first kappa shape index (κ1) is 10.2. The number of hydrogen-bond acceptors (Lipinski definition) is 2. The summed E-state index contributed by atoms with van der Waals surface area (Å²) in [5.41, 5.74) is 2.51. The van der Waals surface area contributed by atoms with Gasteiger partial charge in [-0.15, -0.1) is 0 Å². The molecule has 2 aliphatic rings. The monoisotopic (exact) mass is 264 g/mol. The number of halogens is 1. The largest absolute Gasteiger partial charge is 0.465 e. The first-order valence-electron chi connectivity index (χ1n) is 4.49. The van der Waals surface area contributed by atoms with Crippen LogP contribution >= 0.6 is 15.9 Å². The van der Waals surface area contributed by atoms with Crippen molar-refractivity contribution in [1.29, 1.82) is 0 Å². The third-order valence-corrected chi connectivity index (χ3v) is 2.92. The predicted molar refractivity (Wildman–Crippen MR) is 62.1 cm³/mol. The lowest BCUT2D eigenvalue weighted by atomic mass is 10.1. The van der Waals surface area contributed by atoms with Crippen LogP contribution in [0.25, 0.3) is 11.1 Å². The van der Waals surface area contributed by atoms with Crippen molar-refractivity contribution in [2.24, 2.45) is 0 Å². The van der Waals surface area contributed by atoms with Gasteiger partial charge in [0.05, 0.1) is 12.7 Å². The zero-order valence-electron chi connectivity index (χ0n) is 8.16. The van der Waals surface area contributed by atoms with Crippen LogP contribution in [0.4, 0.5) is 0 Å². The molecule has 0 saturated carbocycles. The summed E-state index contributed by atoms with van der Waals surface area (Å²) in [6.07, 6.45) is 0. The predicted octanol–water partition coefficient (Wildman–Crippen LogP) is 3.34. The lowest BCUT2D eigenvalue weighted by Crippen LogP contribution is -1.99. The van der Waals surface area contributed by atoms with Gasteiger partial charge in [0.25, 0.3) is 0 Å². The summed E-state index contributed by atoms with van der Waals surface area (Å²) in [4.78, 5) is 11.5. The van der Waals surface area contributed by atoms with E-state index in [9.17, 15) is 4.79 Å². The normalized spacial score (nSPS) is 10.3. The molecule has 3 heteroatoms. The highest BCUT2D eigenvalue weighted by atomic mass is 79.9. The second-order valence-corrected chi connectivity index (χ2v) is 3.99. The van der Waals surface area contributed by atoms with E-state index in [1.54, 1.807) is 6.07 Å². The quantitative estimate of drug-likeness (QED) is 0.739. The Labute approximate surface area is 96.3 Å². The van der Waals surface area contributed by atoms with Gasteiger partial charge in [0.1, 0.15) is 0 Å². The van der Waals surface area contributed by atoms with E-state index < -0.39 is 0 Å². The Morgan fingerprint density at radius 2 is 1.87 bits per heavy atom. The molecule has 0 aromatic rings. The Kier molecular flexibility index (Phi) is 2.73. The van der Waals surface area contributed by atoms with E-state index >= 15 is 0 Å². The third-order valence-electron chi connectivity index (χ3n) is 2.26. The van der Waals surface area contributed by atoms with Gasteiger partial charge >= 0.3 is 5.97 Å². The molecule has 0 amide bonds. The molecule has 0 bridgehead atoms. The second kappa shape index (κ2) is 4.03. The van der Waals surface area contributed by atoms with Crippen LogP contribution in [-0.4, -0.2) is 13.1 Å². The maximum Gasteiger partial charge on any atom is 0.338 e. The van der Waals surface area contributed by atoms with E-state index in [-0.39, 0.29) is 5.97 Å². The smallest absolute Gasteiger partial charge is 0.338 e. The van der Waals surface area contributed by atoms with E-state index in [0.29, 0.717) is 5.56 Å². The van der Waals surface area contributed by atoms with Crippen LogP contribution in [0.1, 0.15) is 10.4 Å². The van der Waals surface area contributed by atoms with Crippen molar-refractivity contribution in [3.05, 3.63) is 46.4 Å². The molecule has 0 aromatic carbocycles. The topological polar surface area (TPSA) is 26.3 Å². The minimum atomic E-state index is -0.308. The van der Waals surface area contributed by atoms with Crippen molar-refractivity contribution in [2.45, 2.75) is 0 Å². The van der Waals surface area contributed by atoms with Gasteiger partial charge in [-0.3, -0.25) is 0 Å². The van der Waals surface area contributed by atoms with Gasteiger partial charge in [-0.2, -0.15) is 0 Å². The summed E-state index contributed by atoms with van der Waals surface area (Å²) < 4.78 is 5.64. The Bertz CT molecular complexity index is 479. The molecule has 0 aromatic heterocycles. The summed E-state index contributed by atoms with van der Waals surface area (Å²) >= 11 is 3.43. The molecular formula is C12H9BrO2. The van der Waals surface area contributed by atoms with Crippen LogP contribution in [0.2, 0.25) is 0 Å². The van der Waals surface area contributed by atoms with Crippen LogP contribution in [0.15, 0.2) is 40.9 Å². The molecule has 0 saturated heterocycles. The number of ether oxygens (including phenoxy) is 1. The fraction of sp³-hybridized carbons (Fsp3) is 0.0833. The van der Waals surface area contributed by atoms with Gasteiger partial charge in [-0.1, -0.05) is 46.3 Å². The molecule has 2 aliphatic carbocycles. The SMILES string of the molecule is COC(=O)c1cc(Br)c2cccccc1-2. The molecule has 0 atom stereocenters. The Morgan fingerprint density at radius 1 is 1.20 bits per heavy atom. The molecule has 0 fully saturated rings. The zero-order valence-corrected chi connectivity index (χ0v) is 9.74. The summed E-state index contributed by atoms with van der Waals surface area (Å²) in [5.74, 6) is -0.308. The lowest BCUT2D eigenvalue weighted by Gasteiger charge is -1.98. The number of methoxy groups -OCH3 is 1. The Morgan fingerprint density at radius 3 is 2.53 bits per heavy atom. The second-order valence-electron chi connectivity index (χ2n) is 3.14. The fourth-order valence-corrected chi connectivity index (χ4v) is 2.13. The fourth-order valence-electron chi connectivity index (χ4n) is 1.55. The maximum absolute atomic E-state index is 11.5. The van der Waals surface area contributed by atoms with Gasteiger partial charge in [-0.25, -0.2) is 4.79 Å². The summed E-state index contributed by atoms with van der Waals surface area (Å²) in [7, 11) is 1.39. The van der Waals surface area contributed by atoms with E-state index in [4.69, 9.17) is 4.74 Å². The molecule has 76 valence electrons. The van der Waals surface area contributed by atoms with E-state index in [1.165, 1.54) is 7.11 Å². The number of carbonyl (C=O) groups is 1. The Hall–Kier alpha value is -1.35. The summed E-state index contributed by atoms with van der Waals surface area (Å²) in [6.45, 7) is 0. The molecule has 2 nitrogen and oxygen atoms in total. The molecule has 0 N–H and O–H groups in total. The molecule has 0 aliphatic heterocycles. The highest BCUT2D eigenvalue weighted by molar-refractivity contribution is 9.10. The van der Waals surface area contributed by atoms with Gasteiger partial charge in [0.15, 0.2) is 0 Å². The van der Waals surface area contributed by atoms with Crippen molar-refractivity contribution in [3.8, 4) is 11.1 Å². The minimum Gasteiger partial charge on any atom is -0.465 e. The van der Waals surface area contributed by atoms with Crippen molar-refractivity contribution in [2.75, 3.05) is 7.11 Å². The molecule has 15 heavy (non-hydrogen) atoms. The van der Waals surface area contributed by atoms with Crippen LogP contribution in [0.5, 0.6) is 0 Å². The zero-order chi connectivity index (χ0) is 10.8. The molecule has 0 unspecified atom stereocenters. The van der Waals surface area contributed by atoms with Crippen molar-refractivity contribution >= 4 is 21.9 Å². The van der Waals surface area contributed by atoms with Gasteiger partial charge in [-0.05, 0) is 17.2 Å². The highest BCUT2D eigenvalue weighted by Gasteiger charge is 2.18. The standard InChI is InChI=1S/C12H9BrO2/c1-15-12(14)10-7-11(13)9-6-4-2-3-5-8(9)10/h2-7H,1H3. The molecule has 0 spiro atoms. The first-order valence-corrected chi connectivity index (χ1v) is 5.29. The molecule has 0 radical (unpaired) electrons. The third kappa shape index (κ3) is 1.75. The number of fused-ring (bicyclic) bond motifs is 1. The number of esters is 1. The van der Waals surface area contributed by atoms with Crippen molar-refractivity contribution in [3.63, 3.8) is 0 Å². The van der Waals surface area contributed by atoms with Crippen LogP contribution in [-0.2, 0) is 4.74 Å². The number of hydrogen-bond donors (Lipinski definition) is 0. The molecular weight excluding hydrogens is 256 g/mol. The number of rotatable bonds is 1. The lowest BCUT2D eigenvalue weighted by molar-refractivity contribution is 0.0602. The minimum absolute atomic E-state index is 0.308. The van der Waals surface area contributed by atoms with Crippen LogP contribution in [0, 0.1) is 0 Å². The summed E-state index contributed by atoms with van der Waals surface area (Å²) in [5, 5.41) is 0. The molecule has 2 rings (SSSR count). The van der Waals surface area contributed by atoms with E-state index in [1.807, 2.05) is 30.3 Å². The van der Waals surface area contributed by atoms with Crippen molar-refractivity contribution < 1.29 is 9.53 Å². The van der Waals surface area contributed by atoms with Crippen LogP contribution < -0.4 is 0 Å². The molecule has 0 heterocycles.